The smallest absolute Gasteiger partial charge is 0.349 e. The third-order valence-corrected chi connectivity index (χ3v) is 6.87. The number of nitrogens with zero attached hydrogens (tertiary/aromatic N) is 3. The summed E-state index contributed by atoms with van der Waals surface area (Å²) in [6, 6.07) is 9.54. The highest BCUT2D eigenvalue weighted by molar-refractivity contribution is 6.00. The van der Waals surface area contributed by atoms with E-state index >= 15 is 0 Å². The first kappa shape index (κ1) is 20.0. The summed E-state index contributed by atoms with van der Waals surface area (Å²) >= 11 is 0. The molecule has 1 amide bonds. The van der Waals surface area contributed by atoms with E-state index in [2.05, 4.69) is 15.4 Å². The van der Waals surface area contributed by atoms with Crippen LogP contribution in [0.2, 0.25) is 0 Å². The Morgan fingerprint density at radius 2 is 1.97 bits per heavy atom. The van der Waals surface area contributed by atoms with Crippen molar-refractivity contribution >= 4 is 11.6 Å². The maximum absolute atomic E-state index is 13.7. The lowest BCUT2D eigenvalue weighted by molar-refractivity contribution is -0.142. The number of carbonyl (C=O) groups is 1. The van der Waals surface area contributed by atoms with Crippen LogP contribution in [0.4, 0.5) is 13.2 Å². The van der Waals surface area contributed by atoms with Gasteiger partial charge in [0.1, 0.15) is 5.56 Å². The molecule has 3 aromatic rings. The summed E-state index contributed by atoms with van der Waals surface area (Å²) in [5.41, 5.74) is -0.310. The molecule has 2 aliphatic carbocycles. The molecule has 0 radical (unpaired) electrons. The minimum absolute atomic E-state index is 0.0443. The number of nitrogens with one attached hydrogen (secondary N) is 1. The molecule has 5 rings (SSSR count). The molecule has 1 N–H and O–H groups in total. The summed E-state index contributed by atoms with van der Waals surface area (Å²) < 4.78 is 41.9. The lowest BCUT2D eigenvalue weighted by Gasteiger charge is -2.28. The maximum atomic E-state index is 13.7. The molecule has 0 saturated heterocycles. The molecule has 2 saturated carbocycles. The number of halogens is 3. The van der Waals surface area contributed by atoms with E-state index in [9.17, 15) is 18.0 Å². The second kappa shape index (κ2) is 7.35. The van der Waals surface area contributed by atoms with Crippen molar-refractivity contribution in [3.63, 3.8) is 0 Å². The van der Waals surface area contributed by atoms with Crippen molar-refractivity contribution in [2.45, 2.75) is 44.8 Å². The Morgan fingerprint density at radius 1 is 1.19 bits per heavy atom. The van der Waals surface area contributed by atoms with Crippen LogP contribution >= 0.6 is 0 Å². The molecule has 5 nitrogen and oxygen atoms in total. The number of aromatic nitrogens is 3. The number of hydrogen-bond acceptors (Lipinski definition) is 3. The molecule has 0 spiro atoms. The van der Waals surface area contributed by atoms with E-state index in [-0.39, 0.29) is 22.9 Å². The molecule has 0 aliphatic heterocycles. The van der Waals surface area contributed by atoms with Crippen LogP contribution in [0.5, 0.6) is 0 Å². The third-order valence-electron chi connectivity index (χ3n) is 6.87. The fourth-order valence-electron chi connectivity index (χ4n) is 5.38. The van der Waals surface area contributed by atoms with Gasteiger partial charge in [0.05, 0.1) is 11.9 Å². The van der Waals surface area contributed by atoms with Gasteiger partial charge in [-0.15, -0.1) is 0 Å². The molecule has 2 bridgehead atoms. The first-order valence-corrected chi connectivity index (χ1v) is 10.6. The van der Waals surface area contributed by atoms with Crippen LogP contribution in [0.25, 0.3) is 16.9 Å². The van der Waals surface area contributed by atoms with Crippen LogP contribution in [0.1, 0.15) is 48.7 Å². The predicted molar refractivity (Wildman–Crippen MR) is 109 cm³/mol. The number of fused-ring (bicyclic) bond motifs is 3. The Hall–Kier alpha value is -2.90. The second-order valence-electron chi connectivity index (χ2n) is 8.78. The van der Waals surface area contributed by atoms with Gasteiger partial charge in [0, 0.05) is 11.6 Å². The highest BCUT2D eigenvalue weighted by atomic mass is 19.4. The van der Waals surface area contributed by atoms with Crippen molar-refractivity contribution in [3.05, 3.63) is 53.9 Å². The summed E-state index contributed by atoms with van der Waals surface area (Å²) in [7, 11) is 0. The standard InChI is InChI=1S/C23H23F3N4O/c1-13(17-10-14-7-8-16(17)9-14)28-22(31)18-12-27-30-20(23(24,25)26)11-19(29-21(18)30)15-5-3-2-4-6-15/h2-6,11-14,16-17H,7-10H2,1H3,(H,28,31). The Morgan fingerprint density at radius 3 is 2.61 bits per heavy atom. The van der Waals surface area contributed by atoms with Crippen LogP contribution in [-0.4, -0.2) is 26.5 Å². The van der Waals surface area contributed by atoms with Crippen molar-refractivity contribution < 1.29 is 18.0 Å². The van der Waals surface area contributed by atoms with Crippen LogP contribution in [0.15, 0.2) is 42.6 Å². The highest BCUT2D eigenvalue weighted by Crippen LogP contribution is 2.49. The summed E-state index contributed by atoms with van der Waals surface area (Å²) in [5, 5.41) is 6.86. The molecule has 4 atom stereocenters. The number of alkyl halides is 3. The molecule has 162 valence electrons. The number of carbonyl (C=O) groups excluding carboxylic acids is 1. The van der Waals surface area contributed by atoms with E-state index in [0.717, 1.165) is 18.4 Å². The van der Waals surface area contributed by atoms with Crippen molar-refractivity contribution in [1.82, 2.24) is 19.9 Å². The number of amides is 1. The van der Waals surface area contributed by atoms with Gasteiger partial charge >= 0.3 is 6.18 Å². The van der Waals surface area contributed by atoms with Crippen LogP contribution in [-0.2, 0) is 6.18 Å². The van der Waals surface area contributed by atoms with Gasteiger partial charge in [-0.25, -0.2) is 9.50 Å². The molecule has 4 unspecified atom stereocenters. The SMILES string of the molecule is CC(NC(=O)c1cnn2c(C(F)(F)F)cc(-c3ccccc3)nc12)C1CC2CCC1C2. The van der Waals surface area contributed by atoms with Crippen molar-refractivity contribution in [1.29, 1.82) is 0 Å². The number of hydrogen-bond donors (Lipinski definition) is 1. The molecule has 2 fully saturated rings. The molecule has 2 aromatic heterocycles. The van der Waals surface area contributed by atoms with Crippen LogP contribution < -0.4 is 5.32 Å². The van der Waals surface area contributed by atoms with Gasteiger partial charge in [0.25, 0.3) is 5.91 Å². The molecular formula is C23H23F3N4O. The Labute approximate surface area is 177 Å². The highest BCUT2D eigenvalue weighted by Gasteiger charge is 2.42. The first-order valence-electron chi connectivity index (χ1n) is 10.6. The van der Waals surface area contributed by atoms with E-state index in [1.807, 2.05) is 6.92 Å². The Balaban J connectivity index is 1.51. The monoisotopic (exact) mass is 428 g/mol. The fourth-order valence-corrected chi connectivity index (χ4v) is 5.38. The van der Waals surface area contributed by atoms with E-state index in [4.69, 9.17) is 0 Å². The average molecular weight is 428 g/mol. The molecule has 1 aromatic carbocycles. The largest absolute Gasteiger partial charge is 0.433 e. The van der Waals surface area contributed by atoms with Crippen molar-refractivity contribution in [2.24, 2.45) is 17.8 Å². The van der Waals surface area contributed by atoms with E-state index < -0.39 is 17.8 Å². The third kappa shape index (κ3) is 3.58. The Kier molecular flexibility index (Phi) is 4.75. The van der Waals surface area contributed by atoms with Crippen LogP contribution in [0, 0.1) is 17.8 Å². The lowest BCUT2D eigenvalue weighted by Crippen LogP contribution is -2.40. The first-order chi connectivity index (χ1) is 14.8. The van der Waals surface area contributed by atoms with Crippen molar-refractivity contribution in [2.75, 3.05) is 0 Å². The Bertz CT molecular complexity index is 1130. The average Bonchev–Trinajstić information content (AvgIpc) is 3.48. The second-order valence-corrected chi connectivity index (χ2v) is 8.78. The molecule has 2 aliphatic rings. The molecule has 8 heteroatoms. The van der Waals surface area contributed by atoms with E-state index in [0.29, 0.717) is 21.9 Å². The quantitative estimate of drug-likeness (QED) is 0.638. The van der Waals surface area contributed by atoms with E-state index in [1.54, 1.807) is 30.3 Å². The minimum Gasteiger partial charge on any atom is -0.349 e. The lowest BCUT2D eigenvalue weighted by atomic mass is 9.84. The fraction of sp³-hybridized carbons (Fsp3) is 0.435. The van der Waals surface area contributed by atoms with Gasteiger partial charge in [0.2, 0.25) is 0 Å². The number of benzene rings is 1. The minimum atomic E-state index is -4.64. The molecule has 31 heavy (non-hydrogen) atoms. The van der Waals surface area contributed by atoms with Crippen molar-refractivity contribution in [3.8, 4) is 11.3 Å². The summed E-state index contributed by atoms with van der Waals surface area (Å²) in [4.78, 5) is 17.4. The van der Waals surface area contributed by atoms with Gasteiger partial charge in [-0.1, -0.05) is 36.8 Å². The predicted octanol–water partition coefficient (Wildman–Crippen LogP) is 4.97. The normalized spacial score (nSPS) is 23.9. The van der Waals surface area contributed by atoms with Gasteiger partial charge in [-0.05, 0) is 50.0 Å². The zero-order chi connectivity index (χ0) is 21.8. The van der Waals surface area contributed by atoms with Gasteiger partial charge < -0.3 is 5.32 Å². The summed E-state index contributed by atoms with van der Waals surface area (Å²) in [6.07, 6.45) is 1.33. The zero-order valence-electron chi connectivity index (χ0n) is 17.1. The van der Waals surface area contributed by atoms with Gasteiger partial charge in [-0.2, -0.15) is 18.3 Å². The number of rotatable bonds is 4. The zero-order valence-corrected chi connectivity index (χ0v) is 17.1. The maximum Gasteiger partial charge on any atom is 0.433 e. The van der Waals surface area contributed by atoms with Crippen LogP contribution in [0.3, 0.4) is 0 Å². The topological polar surface area (TPSA) is 59.3 Å². The van der Waals surface area contributed by atoms with Gasteiger partial charge in [0.15, 0.2) is 11.3 Å². The molecular weight excluding hydrogens is 405 g/mol. The summed E-state index contributed by atoms with van der Waals surface area (Å²) in [6.45, 7) is 1.99. The molecule has 2 heterocycles. The van der Waals surface area contributed by atoms with Gasteiger partial charge in [-0.3, -0.25) is 4.79 Å². The van der Waals surface area contributed by atoms with E-state index in [1.165, 1.54) is 25.5 Å². The summed E-state index contributed by atoms with van der Waals surface area (Å²) in [5.74, 6) is 1.36.